The van der Waals surface area contributed by atoms with Crippen molar-refractivity contribution >= 4 is 30.7 Å². The van der Waals surface area contributed by atoms with Crippen molar-refractivity contribution in [2.45, 2.75) is 76.7 Å². The van der Waals surface area contributed by atoms with Gasteiger partial charge in [-0.3, -0.25) is 9.69 Å². The number of nitrogens with two attached hydrogens (primary N) is 1. The number of primary amides is 1. The van der Waals surface area contributed by atoms with Crippen LogP contribution >= 0.6 is 0 Å². The van der Waals surface area contributed by atoms with Crippen LogP contribution in [-0.2, 0) is 14.0 Å². The number of hydrogen-bond acceptors (Lipinski definition) is 5. The summed E-state index contributed by atoms with van der Waals surface area (Å²) < 4.78 is 13.3. The minimum atomic E-state index is -3.01. The standard InChI is InChI=1S/C28H39N5O4Si/c1-6-23(28(5)24(25(29)34)33(26(35)36-28)20-14-13-19-31-32-30)37-38(27(2,3)4,21-15-9-7-10-16-21)22-17-11-8-12-18-22/h7-12,15-18,23-24H,6,13-14,19-20H2,1-5H3,(H2,29,34)/t23-,24-,28-/m1/s1. The normalized spacial score (nSPS) is 20.5. The first kappa shape index (κ1) is 29.2. The van der Waals surface area contributed by atoms with Gasteiger partial charge in [0, 0.05) is 18.0 Å². The van der Waals surface area contributed by atoms with Gasteiger partial charge in [0.2, 0.25) is 5.91 Å². The topological polar surface area (TPSA) is 131 Å². The number of rotatable bonds is 12. The molecule has 2 aromatic carbocycles. The molecule has 10 heteroatoms. The Morgan fingerprint density at radius 2 is 1.71 bits per heavy atom. The van der Waals surface area contributed by atoms with Crippen LogP contribution in [0.5, 0.6) is 0 Å². The molecule has 38 heavy (non-hydrogen) atoms. The van der Waals surface area contributed by atoms with Gasteiger partial charge in [0.1, 0.15) is 0 Å². The molecule has 0 aromatic heterocycles. The van der Waals surface area contributed by atoms with Crippen LogP contribution < -0.4 is 16.1 Å². The number of carbonyl (C=O) groups excluding carboxylic acids is 2. The first-order valence-corrected chi connectivity index (χ1v) is 15.0. The van der Waals surface area contributed by atoms with Crippen molar-refractivity contribution < 1.29 is 18.8 Å². The van der Waals surface area contributed by atoms with Gasteiger partial charge in [-0.25, -0.2) is 4.79 Å². The van der Waals surface area contributed by atoms with Crippen molar-refractivity contribution in [3.05, 3.63) is 71.1 Å². The second-order valence-electron chi connectivity index (χ2n) is 10.9. The molecule has 204 valence electrons. The van der Waals surface area contributed by atoms with E-state index in [0.29, 0.717) is 25.8 Å². The van der Waals surface area contributed by atoms with Crippen molar-refractivity contribution in [2.24, 2.45) is 10.8 Å². The van der Waals surface area contributed by atoms with E-state index in [1.54, 1.807) is 6.92 Å². The van der Waals surface area contributed by atoms with Crippen LogP contribution in [-0.4, -0.2) is 56.1 Å². The van der Waals surface area contributed by atoms with E-state index >= 15 is 0 Å². The number of ether oxygens (including phenoxy) is 1. The molecule has 2 amide bonds. The van der Waals surface area contributed by atoms with Crippen LogP contribution in [0, 0.1) is 0 Å². The van der Waals surface area contributed by atoms with E-state index in [1.807, 2.05) is 43.3 Å². The van der Waals surface area contributed by atoms with Crippen molar-refractivity contribution in [1.29, 1.82) is 0 Å². The maximum absolute atomic E-state index is 13.1. The highest BCUT2D eigenvalue weighted by atomic mass is 28.4. The number of carbonyl (C=O) groups is 2. The summed E-state index contributed by atoms with van der Waals surface area (Å²) in [5.41, 5.74) is 13.1. The second kappa shape index (κ2) is 12.0. The van der Waals surface area contributed by atoms with Crippen LogP contribution in [0.4, 0.5) is 4.79 Å². The van der Waals surface area contributed by atoms with Crippen LogP contribution in [0.1, 0.15) is 53.9 Å². The molecular weight excluding hydrogens is 498 g/mol. The average molecular weight is 538 g/mol. The summed E-state index contributed by atoms with van der Waals surface area (Å²) >= 11 is 0. The Bertz CT molecular complexity index is 1110. The summed E-state index contributed by atoms with van der Waals surface area (Å²) in [5.74, 6) is -0.641. The number of azide groups is 1. The van der Waals surface area contributed by atoms with Gasteiger partial charge in [-0.15, -0.1) is 0 Å². The fourth-order valence-electron chi connectivity index (χ4n) is 5.64. The van der Waals surface area contributed by atoms with E-state index in [2.05, 4.69) is 55.1 Å². The SMILES string of the molecule is CC[C@@H](O[Si](c1ccccc1)(c1ccccc1)C(C)(C)C)[C@@]1(C)OC(=O)N(CCCCN=[N+]=[N-])[C@@H]1C(N)=O. The molecule has 1 heterocycles. The molecule has 1 aliphatic heterocycles. The highest BCUT2D eigenvalue weighted by molar-refractivity contribution is 6.99. The lowest BCUT2D eigenvalue weighted by atomic mass is 9.88. The third-order valence-corrected chi connectivity index (χ3v) is 12.4. The lowest BCUT2D eigenvalue weighted by Gasteiger charge is -2.48. The van der Waals surface area contributed by atoms with E-state index < -0.39 is 38.1 Å². The number of benzene rings is 2. The number of hydrogen-bond donors (Lipinski definition) is 1. The largest absolute Gasteiger partial charge is 0.438 e. The predicted octanol–water partition coefficient (Wildman–Crippen LogP) is 4.50. The third kappa shape index (κ3) is 5.57. The molecule has 1 aliphatic rings. The quantitative estimate of drug-likeness (QED) is 0.140. The summed E-state index contributed by atoms with van der Waals surface area (Å²) in [4.78, 5) is 30.1. The predicted molar refractivity (Wildman–Crippen MR) is 151 cm³/mol. The molecule has 0 aliphatic carbocycles. The smallest absolute Gasteiger partial charge is 0.411 e. The first-order valence-electron chi connectivity index (χ1n) is 13.1. The van der Waals surface area contributed by atoms with Crippen molar-refractivity contribution in [1.82, 2.24) is 4.90 Å². The van der Waals surface area contributed by atoms with Gasteiger partial charge in [-0.2, -0.15) is 0 Å². The molecule has 2 N–H and O–H groups in total. The minimum Gasteiger partial charge on any atom is -0.438 e. The zero-order valence-electron chi connectivity index (χ0n) is 23.0. The summed E-state index contributed by atoms with van der Waals surface area (Å²) in [6.45, 7) is 10.8. The highest BCUT2D eigenvalue weighted by Gasteiger charge is 2.61. The fraction of sp³-hybridized carbons (Fsp3) is 0.500. The zero-order valence-corrected chi connectivity index (χ0v) is 24.0. The van der Waals surface area contributed by atoms with Crippen LogP contribution in [0.15, 0.2) is 65.8 Å². The highest BCUT2D eigenvalue weighted by Crippen LogP contribution is 2.42. The number of amides is 2. The van der Waals surface area contributed by atoms with E-state index in [1.165, 1.54) is 4.90 Å². The molecule has 3 atom stereocenters. The summed E-state index contributed by atoms with van der Waals surface area (Å²) in [6, 6.07) is 19.4. The van der Waals surface area contributed by atoms with Crippen LogP contribution in [0.3, 0.4) is 0 Å². The van der Waals surface area contributed by atoms with Gasteiger partial charge in [-0.05, 0) is 47.1 Å². The molecule has 2 aromatic rings. The molecule has 3 rings (SSSR count). The van der Waals surface area contributed by atoms with E-state index in [9.17, 15) is 9.59 Å². The molecule has 0 bridgehead atoms. The molecule has 9 nitrogen and oxygen atoms in total. The summed E-state index contributed by atoms with van der Waals surface area (Å²) in [5, 5.41) is 5.42. The number of nitrogens with zero attached hydrogens (tertiary/aromatic N) is 4. The molecule has 0 radical (unpaired) electrons. The Hall–Kier alpha value is -3.33. The average Bonchev–Trinajstić information content (AvgIpc) is 3.15. The maximum Gasteiger partial charge on any atom is 0.411 e. The summed E-state index contributed by atoms with van der Waals surface area (Å²) in [6.07, 6.45) is 0.419. The second-order valence-corrected chi connectivity index (χ2v) is 15.1. The Labute approximate surface area is 226 Å². The monoisotopic (exact) mass is 537 g/mol. The van der Waals surface area contributed by atoms with Gasteiger partial charge in [0.15, 0.2) is 11.6 Å². The Kier molecular flexibility index (Phi) is 9.25. The third-order valence-electron chi connectivity index (χ3n) is 7.38. The fourth-order valence-corrected chi connectivity index (χ4v) is 10.5. The Balaban J connectivity index is 2.08. The van der Waals surface area contributed by atoms with Crippen LogP contribution in [0.25, 0.3) is 10.4 Å². The maximum atomic E-state index is 13.1. The molecule has 0 unspecified atom stereocenters. The van der Waals surface area contributed by atoms with Gasteiger partial charge in [-0.1, -0.05) is 93.5 Å². The Morgan fingerprint density at radius 3 is 2.16 bits per heavy atom. The summed E-state index contributed by atoms with van der Waals surface area (Å²) in [7, 11) is -3.01. The van der Waals surface area contributed by atoms with Crippen molar-refractivity contribution in [2.75, 3.05) is 13.1 Å². The van der Waals surface area contributed by atoms with E-state index in [4.69, 9.17) is 20.4 Å². The number of unbranched alkanes of at least 4 members (excludes halogenated alkanes) is 1. The molecule has 0 spiro atoms. The van der Waals surface area contributed by atoms with Crippen molar-refractivity contribution in [3.8, 4) is 0 Å². The van der Waals surface area contributed by atoms with Crippen LogP contribution in [0.2, 0.25) is 5.04 Å². The minimum absolute atomic E-state index is 0.263. The Morgan fingerprint density at radius 1 is 1.16 bits per heavy atom. The molecular formula is C28H39N5O4Si. The van der Waals surface area contributed by atoms with Gasteiger partial charge >= 0.3 is 6.09 Å². The first-order chi connectivity index (χ1) is 18.0. The molecule has 1 saturated heterocycles. The lowest BCUT2D eigenvalue weighted by molar-refractivity contribution is -0.129. The van der Waals surface area contributed by atoms with Gasteiger partial charge < -0.3 is 14.9 Å². The van der Waals surface area contributed by atoms with E-state index in [-0.39, 0.29) is 11.6 Å². The zero-order chi connectivity index (χ0) is 28.0. The number of cyclic esters (lactones) is 1. The van der Waals surface area contributed by atoms with E-state index in [0.717, 1.165) is 10.4 Å². The van der Waals surface area contributed by atoms with Crippen molar-refractivity contribution in [3.63, 3.8) is 0 Å². The van der Waals surface area contributed by atoms with Gasteiger partial charge in [0.05, 0.1) is 6.10 Å². The lowest BCUT2D eigenvalue weighted by Crippen LogP contribution is -2.70. The van der Waals surface area contributed by atoms with Gasteiger partial charge in [0.25, 0.3) is 8.32 Å². The molecule has 1 fully saturated rings. The molecule has 0 saturated carbocycles.